The second kappa shape index (κ2) is 7.75. The number of nitro groups is 1. The van der Waals surface area contributed by atoms with Crippen LogP contribution >= 0.6 is 0 Å². The zero-order valence-corrected chi connectivity index (χ0v) is 16.2. The van der Waals surface area contributed by atoms with Crippen LogP contribution in [0.4, 0.5) is 5.69 Å². The molecule has 9 heteroatoms. The van der Waals surface area contributed by atoms with Crippen molar-refractivity contribution in [3.8, 4) is 0 Å². The van der Waals surface area contributed by atoms with Gasteiger partial charge >= 0.3 is 0 Å². The largest absolute Gasteiger partial charge is 0.503 e. The molecule has 0 spiro atoms. The average molecular weight is 412 g/mol. The molecule has 1 aromatic carbocycles. The standard InChI is InChI=1S/C21H20N2O7/c1-12-7-8-16(30-12)19(24)17-18(13-4-2-5-14(10-13)23(27)28)22(21(26)20(17)25)11-15-6-3-9-29-15/h2,4-5,7-8,10,15,18,25H,3,6,9,11H2,1H3. The third-order valence-electron chi connectivity index (χ3n) is 5.33. The molecule has 1 N–H and O–H groups in total. The number of aliphatic hydroxyl groups excluding tert-OH is 1. The number of furan rings is 1. The van der Waals surface area contributed by atoms with Gasteiger partial charge in [0, 0.05) is 25.3 Å². The predicted octanol–water partition coefficient (Wildman–Crippen LogP) is 3.25. The molecular weight excluding hydrogens is 392 g/mol. The monoisotopic (exact) mass is 412 g/mol. The lowest BCUT2D eigenvalue weighted by atomic mass is 9.94. The van der Waals surface area contributed by atoms with Crippen LogP contribution in [0.2, 0.25) is 0 Å². The number of Topliss-reactive ketones (excluding diaryl/α,β-unsaturated/α-hetero) is 1. The maximum absolute atomic E-state index is 13.1. The number of ether oxygens (including phenoxy) is 1. The van der Waals surface area contributed by atoms with E-state index in [0.29, 0.717) is 17.9 Å². The van der Waals surface area contributed by atoms with Crippen LogP contribution in [0.15, 0.2) is 52.1 Å². The molecule has 0 bridgehead atoms. The molecule has 1 aromatic heterocycles. The summed E-state index contributed by atoms with van der Waals surface area (Å²) < 4.78 is 11.0. The Morgan fingerprint density at radius 2 is 2.13 bits per heavy atom. The van der Waals surface area contributed by atoms with Crippen LogP contribution in [0.1, 0.15) is 40.8 Å². The number of hydrogen-bond acceptors (Lipinski definition) is 7. The molecule has 3 heterocycles. The Morgan fingerprint density at radius 3 is 2.77 bits per heavy atom. The summed E-state index contributed by atoms with van der Waals surface area (Å²) in [7, 11) is 0. The molecule has 0 aliphatic carbocycles. The molecule has 1 saturated heterocycles. The van der Waals surface area contributed by atoms with Gasteiger partial charge in [-0.3, -0.25) is 19.7 Å². The molecule has 1 amide bonds. The van der Waals surface area contributed by atoms with E-state index in [9.17, 15) is 24.8 Å². The summed E-state index contributed by atoms with van der Waals surface area (Å²) in [4.78, 5) is 38.1. The van der Waals surface area contributed by atoms with Crippen molar-refractivity contribution in [2.24, 2.45) is 0 Å². The summed E-state index contributed by atoms with van der Waals surface area (Å²) in [6.07, 6.45) is 1.36. The van der Waals surface area contributed by atoms with Gasteiger partial charge in [0.15, 0.2) is 11.5 Å². The van der Waals surface area contributed by atoms with Crippen molar-refractivity contribution >= 4 is 17.4 Å². The van der Waals surface area contributed by atoms with Crippen molar-refractivity contribution in [3.63, 3.8) is 0 Å². The van der Waals surface area contributed by atoms with E-state index >= 15 is 0 Å². The predicted molar refractivity (Wildman–Crippen MR) is 104 cm³/mol. The maximum Gasteiger partial charge on any atom is 0.290 e. The van der Waals surface area contributed by atoms with E-state index in [-0.39, 0.29) is 29.7 Å². The van der Waals surface area contributed by atoms with E-state index in [1.54, 1.807) is 19.1 Å². The minimum atomic E-state index is -0.987. The molecule has 2 aliphatic rings. The van der Waals surface area contributed by atoms with Crippen LogP contribution < -0.4 is 0 Å². The van der Waals surface area contributed by atoms with Gasteiger partial charge < -0.3 is 19.2 Å². The van der Waals surface area contributed by atoms with E-state index in [0.717, 1.165) is 12.8 Å². The van der Waals surface area contributed by atoms with Gasteiger partial charge in [-0.1, -0.05) is 12.1 Å². The molecule has 2 atom stereocenters. The Labute approximate surface area is 171 Å². The highest BCUT2D eigenvalue weighted by Gasteiger charge is 2.45. The van der Waals surface area contributed by atoms with Crippen molar-refractivity contribution in [1.82, 2.24) is 4.90 Å². The lowest BCUT2D eigenvalue weighted by Gasteiger charge is -2.28. The van der Waals surface area contributed by atoms with E-state index in [2.05, 4.69) is 0 Å². The van der Waals surface area contributed by atoms with Gasteiger partial charge in [-0.15, -0.1) is 0 Å². The van der Waals surface area contributed by atoms with Crippen molar-refractivity contribution < 1.29 is 28.8 Å². The topological polar surface area (TPSA) is 123 Å². The summed E-state index contributed by atoms with van der Waals surface area (Å²) in [5.41, 5.74) is 0.0168. The van der Waals surface area contributed by atoms with E-state index in [1.165, 1.54) is 29.2 Å². The number of ketones is 1. The second-order valence-corrected chi connectivity index (χ2v) is 7.35. The summed E-state index contributed by atoms with van der Waals surface area (Å²) in [5.74, 6) is -1.54. The summed E-state index contributed by atoms with van der Waals surface area (Å²) >= 11 is 0. The number of amides is 1. The fourth-order valence-corrected chi connectivity index (χ4v) is 3.93. The molecule has 4 rings (SSSR count). The normalized spacial score (nSPS) is 21.5. The quantitative estimate of drug-likeness (QED) is 0.439. The lowest BCUT2D eigenvalue weighted by molar-refractivity contribution is -0.384. The number of rotatable bonds is 6. The van der Waals surface area contributed by atoms with Crippen LogP contribution in [0.3, 0.4) is 0 Å². The third kappa shape index (κ3) is 3.48. The number of nitro benzene ring substituents is 1. The zero-order valence-electron chi connectivity index (χ0n) is 16.2. The highest BCUT2D eigenvalue weighted by Crippen LogP contribution is 2.40. The third-order valence-corrected chi connectivity index (χ3v) is 5.33. The minimum absolute atomic E-state index is 0.0174. The van der Waals surface area contributed by atoms with Crippen molar-refractivity contribution in [2.75, 3.05) is 13.2 Å². The number of hydrogen-bond donors (Lipinski definition) is 1. The van der Waals surface area contributed by atoms with E-state index in [4.69, 9.17) is 9.15 Å². The Morgan fingerprint density at radius 1 is 1.33 bits per heavy atom. The fraction of sp³-hybridized carbons (Fsp3) is 0.333. The molecule has 2 aliphatic heterocycles. The van der Waals surface area contributed by atoms with Gasteiger partial charge in [0.2, 0.25) is 5.78 Å². The van der Waals surface area contributed by atoms with Gasteiger partial charge in [-0.2, -0.15) is 0 Å². The van der Waals surface area contributed by atoms with Gasteiger partial charge in [0.05, 0.1) is 22.6 Å². The minimum Gasteiger partial charge on any atom is -0.503 e. The number of carbonyl (C=O) groups excluding carboxylic acids is 2. The highest BCUT2D eigenvalue weighted by atomic mass is 16.6. The molecule has 156 valence electrons. The van der Waals surface area contributed by atoms with Gasteiger partial charge in [0.1, 0.15) is 5.76 Å². The van der Waals surface area contributed by atoms with E-state index in [1.807, 2.05) is 0 Å². The van der Waals surface area contributed by atoms with Gasteiger partial charge in [0.25, 0.3) is 11.6 Å². The summed E-state index contributed by atoms with van der Waals surface area (Å²) in [6, 6.07) is 7.79. The number of carbonyl (C=O) groups is 2. The molecule has 0 saturated carbocycles. The number of non-ortho nitro benzene ring substituents is 1. The smallest absolute Gasteiger partial charge is 0.290 e. The molecule has 1 fully saturated rings. The van der Waals surface area contributed by atoms with Crippen LogP contribution in [-0.4, -0.2) is 45.9 Å². The summed E-state index contributed by atoms with van der Waals surface area (Å²) in [5, 5.41) is 21.9. The molecule has 0 radical (unpaired) electrons. The molecule has 2 aromatic rings. The SMILES string of the molecule is Cc1ccc(C(=O)C2=C(O)C(=O)N(CC3CCCO3)C2c2cccc([N+](=O)[O-])c2)o1. The number of nitrogens with zero attached hydrogens (tertiary/aromatic N) is 2. The van der Waals surface area contributed by atoms with Crippen LogP contribution in [0, 0.1) is 17.0 Å². The first-order valence-electron chi connectivity index (χ1n) is 9.58. The highest BCUT2D eigenvalue weighted by molar-refractivity contribution is 6.15. The average Bonchev–Trinajstić information content (AvgIpc) is 3.45. The van der Waals surface area contributed by atoms with Crippen LogP contribution in [0.5, 0.6) is 0 Å². The van der Waals surface area contributed by atoms with Crippen LogP contribution in [-0.2, 0) is 9.53 Å². The number of benzene rings is 1. The lowest BCUT2D eigenvalue weighted by Crippen LogP contribution is -2.37. The summed E-state index contributed by atoms with van der Waals surface area (Å²) in [6.45, 7) is 2.40. The van der Waals surface area contributed by atoms with Crippen molar-refractivity contribution in [1.29, 1.82) is 0 Å². The van der Waals surface area contributed by atoms with Crippen molar-refractivity contribution in [3.05, 3.63) is 74.9 Å². The Hall–Kier alpha value is -3.46. The Kier molecular flexibility index (Phi) is 5.13. The van der Waals surface area contributed by atoms with E-state index < -0.39 is 28.4 Å². The Balaban J connectivity index is 1.79. The van der Waals surface area contributed by atoms with Gasteiger partial charge in [-0.25, -0.2) is 0 Å². The first-order chi connectivity index (χ1) is 14.4. The zero-order chi connectivity index (χ0) is 21.4. The first-order valence-corrected chi connectivity index (χ1v) is 9.58. The molecular formula is C21H20N2O7. The second-order valence-electron chi connectivity index (χ2n) is 7.35. The number of aryl methyl sites for hydroxylation is 1. The first kappa shape index (κ1) is 19.8. The molecule has 30 heavy (non-hydrogen) atoms. The molecule has 2 unspecified atom stereocenters. The Bertz CT molecular complexity index is 1050. The van der Waals surface area contributed by atoms with Crippen LogP contribution in [0.25, 0.3) is 0 Å². The fourth-order valence-electron chi connectivity index (χ4n) is 3.93. The van der Waals surface area contributed by atoms with Gasteiger partial charge in [-0.05, 0) is 37.5 Å². The molecule has 9 nitrogen and oxygen atoms in total. The maximum atomic E-state index is 13.1. The number of aliphatic hydroxyl groups is 1. The van der Waals surface area contributed by atoms with Crippen molar-refractivity contribution in [2.45, 2.75) is 31.9 Å².